The number of rotatable bonds is 3. The third-order valence-corrected chi connectivity index (χ3v) is 1.81. The molecule has 16 heavy (non-hydrogen) atoms. The predicted octanol–water partition coefficient (Wildman–Crippen LogP) is -0.106. The predicted molar refractivity (Wildman–Crippen MR) is 57.3 cm³/mol. The molecule has 0 saturated heterocycles. The van der Waals surface area contributed by atoms with Crippen LogP contribution in [0.1, 0.15) is 0 Å². The molecule has 0 saturated carbocycles. The first-order valence-electron chi connectivity index (χ1n) is 4.60. The Hall–Kier alpha value is -2.44. The van der Waals surface area contributed by atoms with Gasteiger partial charge in [0.1, 0.15) is 12.4 Å². The normalized spacial score (nSPS) is 10.0. The van der Waals surface area contributed by atoms with E-state index in [9.17, 15) is 4.79 Å². The topological polar surface area (TPSA) is 98.7 Å². The lowest BCUT2D eigenvalue weighted by molar-refractivity contribution is -0.116. The van der Waals surface area contributed by atoms with Crippen LogP contribution in [0.15, 0.2) is 30.6 Å². The molecule has 2 rings (SSSR count). The number of hydrogen-bond acceptors (Lipinski definition) is 5. The van der Waals surface area contributed by atoms with Crippen molar-refractivity contribution < 1.29 is 4.79 Å². The van der Waals surface area contributed by atoms with Crippen molar-refractivity contribution >= 4 is 17.5 Å². The molecular formula is C9H10N6O. The van der Waals surface area contributed by atoms with Gasteiger partial charge in [0.15, 0.2) is 5.82 Å². The van der Waals surface area contributed by atoms with Crippen molar-refractivity contribution in [2.24, 2.45) is 0 Å². The Morgan fingerprint density at radius 1 is 1.50 bits per heavy atom. The molecule has 0 bridgehead atoms. The number of aromatic nitrogens is 4. The monoisotopic (exact) mass is 218 g/mol. The number of hydrogen-bond donors (Lipinski definition) is 2. The number of carbonyl (C=O) groups is 1. The van der Waals surface area contributed by atoms with Crippen LogP contribution in [-0.2, 0) is 11.3 Å². The lowest BCUT2D eigenvalue weighted by atomic mass is 10.5. The van der Waals surface area contributed by atoms with Gasteiger partial charge in [0, 0.05) is 12.4 Å². The van der Waals surface area contributed by atoms with E-state index in [2.05, 4.69) is 20.6 Å². The van der Waals surface area contributed by atoms with Crippen LogP contribution in [0.4, 0.5) is 11.6 Å². The van der Waals surface area contributed by atoms with Crippen LogP contribution in [0.3, 0.4) is 0 Å². The first kappa shape index (κ1) is 10.1. The lowest BCUT2D eigenvalue weighted by Crippen LogP contribution is -2.19. The summed E-state index contributed by atoms with van der Waals surface area (Å²) in [4.78, 5) is 11.5. The highest BCUT2D eigenvalue weighted by atomic mass is 16.2. The van der Waals surface area contributed by atoms with Crippen LogP contribution in [0, 0.1) is 0 Å². The van der Waals surface area contributed by atoms with Gasteiger partial charge in [0.05, 0.1) is 0 Å². The maximum Gasteiger partial charge on any atom is 0.247 e. The molecule has 7 heteroatoms. The van der Waals surface area contributed by atoms with E-state index in [1.807, 2.05) is 0 Å². The van der Waals surface area contributed by atoms with Gasteiger partial charge in [-0.3, -0.25) is 9.48 Å². The fraction of sp³-hybridized carbons (Fsp3) is 0.111. The molecule has 0 spiro atoms. The van der Waals surface area contributed by atoms with Gasteiger partial charge < -0.3 is 11.1 Å². The van der Waals surface area contributed by atoms with Crippen LogP contribution in [-0.4, -0.2) is 25.9 Å². The second-order valence-electron chi connectivity index (χ2n) is 3.10. The Morgan fingerprint density at radius 3 is 3.00 bits per heavy atom. The van der Waals surface area contributed by atoms with Gasteiger partial charge in [-0.15, -0.1) is 5.10 Å². The van der Waals surface area contributed by atoms with Crippen LogP contribution in [0.2, 0.25) is 0 Å². The van der Waals surface area contributed by atoms with Crippen molar-refractivity contribution in [3.8, 4) is 0 Å². The molecule has 0 aliphatic heterocycles. The second-order valence-corrected chi connectivity index (χ2v) is 3.10. The van der Waals surface area contributed by atoms with E-state index in [-0.39, 0.29) is 12.5 Å². The van der Waals surface area contributed by atoms with E-state index in [1.54, 1.807) is 24.4 Å². The fourth-order valence-corrected chi connectivity index (χ4v) is 1.16. The number of nitrogens with one attached hydrogen (secondary N) is 1. The molecule has 0 aliphatic rings. The zero-order chi connectivity index (χ0) is 11.4. The van der Waals surface area contributed by atoms with Crippen LogP contribution >= 0.6 is 0 Å². The van der Waals surface area contributed by atoms with Gasteiger partial charge in [-0.25, -0.2) is 0 Å². The molecule has 7 nitrogen and oxygen atoms in total. The number of nitrogen functional groups attached to an aromatic ring is 1. The van der Waals surface area contributed by atoms with E-state index in [0.717, 1.165) is 0 Å². The summed E-state index contributed by atoms with van der Waals surface area (Å²) in [7, 11) is 0. The van der Waals surface area contributed by atoms with Crippen molar-refractivity contribution in [1.29, 1.82) is 0 Å². The highest BCUT2D eigenvalue weighted by molar-refractivity contribution is 5.89. The number of nitrogens with zero attached hydrogens (tertiary/aromatic N) is 4. The van der Waals surface area contributed by atoms with Crippen LogP contribution in [0.5, 0.6) is 0 Å². The SMILES string of the molecule is Nc1ccn(CC(=O)Nc2cccnn2)n1. The molecule has 3 N–H and O–H groups in total. The maximum atomic E-state index is 11.5. The molecule has 0 unspecified atom stereocenters. The molecule has 0 aliphatic carbocycles. The van der Waals surface area contributed by atoms with Crippen molar-refractivity contribution in [3.63, 3.8) is 0 Å². The highest BCUT2D eigenvalue weighted by Gasteiger charge is 2.04. The number of anilines is 2. The van der Waals surface area contributed by atoms with Gasteiger partial charge in [0.25, 0.3) is 0 Å². The summed E-state index contributed by atoms with van der Waals surface area (Å²) in [6, 6.07) is 4.96. The average molecular weight is 218 g/mol. The van der Waals surface area contributed by atoms with E-state index in [0.29, 0.717) is 11.6 Å². The van der Waals surface area contributed by atoms with E-state index >= 15 is 0 Å². The minimum atomic E-state index is -0.233. The Balaban J connectivity index is 1.95. The van der Waals surface area contributed by atoms with Crippen molar-refractivity contribution in [1.82, 2.24) is 20.0 Å². The van der Waals surface area contributed by atoms with Gasteiger partial charge in [0.2, 0.25) is 5.91 Å². The molecule has 0 fully saturated rings. The Labute approximate surface area is 91.3 Å². The smallest absolute Gasteiger partial charge is 0.247 e. The van der Waals surface area contributed by atoms with Gasteiger partial charge in [-0.05, 0) is 18.2 Å². The van der Waals surface area contributed by atoms with Crippen molar-refractivity contribution in [2.75, 3.05) is 11.1 Å². The molecule has 2 heterocycles. The molecule has 2 aromatic heterocycles. The summed E-state index contributed by atoms with van der Waals surface area (Å²) in [6.45, 7) is 0.0910. The van der Waals surface area contributed by atoms with E-state index < -0.39 is 0 Å². The summed E-state index contributed by atoms with van der Waals surface area (Å²) >= 11 is 0. The Morgan fingerprint density at radius 2 is 2.38 bits per heavy atom. The quantitative estimate of drug-likeness (QED) is 0.749. The number of amides is 1. The summed E-state index contributed by atoms with van der Waals surface area (Å²) in [5.41, 5.74) is 5.42. The fourth-order valence-electron chi connectivity index (χ4n) is 1.16. The molecule has 2 aromatic rings. The highest BCUT2D eigenvalue weighted by Crippen LogP contribution is 1.99. The van der Waals surface area contributed by atoms with Gasteiger partial charge in [-0.2, -0.15) is 10.2 Å². The number of carbonyl (C=O) groups excluding carboxylic acids is 1. The standard InChI is InChI=1S/C9H10N6O/c10-7-3-5-15(14-7)6-9(16)12-8-2-1-4-11-13-8/h1-5H,6H2,(H2,10,14)(H,12,13,16). The van der Waals surface area contributed by atoms with Gasteiger partial charge >= 0.3 is 0 Å². The molecule has 0 atom stereocenters. The zero-order valence-electron chi connectivity index (χ0n) is 8.37. The zero-order valence-corrected chi connectivity index (χ0v) is 8.37. The second kappa shape index (κ2) is 4.39. The summed E-state index contributed by atoms with van der Waals surface area (Å²) < 4.78 is 1.45. The van der Waals surface area contributed by atoms with Crippen LogP contribution < -0.4 is 11.1 Å². The van der Waals surface area contributed by atoms with Gasteiger partial charge in [-0.1, -0.05) is 0 Å². The summed E-state index contributed by atoms with van der Waals surface area (Å²) in [5.74, 6) is 0.559. The molecule has 82 valence electrons. The van der Waals surface area contributed by atoms with E-state index in [4.69, 9.17) is 5.73 Å². The Kier molecular flexibility index (Phi) is 2.77. The summed E-state index contributed by atoms with van der Waals surface area (Å²) in [6.07, 6.45) is 3.16. The third kappa shape index (κ3) is 2.53. The van der Waals surface area contributed by atoms with Crippen LogP contribution in [0.25, 0.3) is 0 Å². The minimum absolute atomic E-state index is 0.0910. The van der Waals surface area contributed by atoms with Crippen molar-refractivity contribution in [3.05, 3.63) is 30.6 Å². The molecule has 0 radical (unpaired) electrons. The first-order chi connectivity index (χ1) is 7.74. The first-order valence-corrected chi connectivity index (χ1v) is 4.60. The largest absolute Gasteiger partial charge is 0.382 e. The number of nitrogens with two attached hydrogens (primary N) is 1. The average Bonchev–Trinajstić information content (AvgIpc) is 2.65. The minimum Gasteiger partial charge on any atom is -0.382 e. The van der Waals surface area contributed by atoms with Crippen molar-refractivity contribution in [2.45, 2.75) is 6.54 Å². The van der Waals surface area contributed by atoms with E-state index in [1.165, 1.54) is 10.9 Å². The third-order valence-electron chi connectivity index (χ3n) is 1.81. The Bertz CT molecular complexity index is 480. The maximum absolute atomic E-state index is 11.5. The summed E-state index contributed by atoms with van der Waals surface area (Å²) in [5, 5.41) is 13.8. The molecule has 1 amide bonds. The molecular weight excluding hydrogens is 208 g/mol. The molecule has 0 aromatic carbocycles. The lowest BCUT2D eigenvalue weighted by Gasteiger charge is -2.02.